The summed E-state index contributed by atoms with van der Waals surface area (Å²) in [5.74, 6) is 0. The summed E-state index contributed by atoms with van der Waals surface area (Å²) < 4.78 is 5.09. The number of ether oxygens (including phenoxy) is 1. The Bertz CT molecular complexity index is 175. The molecular weight excluding hydrogens is 140 g/mol. The van der Waals surface area contributed by atoms with E-state index in [0.717, 1.165) is 26.1 Å². The van der Waals surface area contributed by atoms with Crippen LogP contribution in [0.25, 0.3) is 0 Å². The van der Waals surface area contributed by atoms with Gasteiger partial charge in [-0.3, -0.25) is 0 Å². The fraction of sp³-hybridized carbons (Fsp3) is 0.875. The van der Waals surface area contributed by atoms with Crippen molar-refractivity contribution in [3.05, 3.63) is 0 Å². The molecule has 3 heteroatoms. The van der Waals surface area contributed by atoms with Crippen LogP contribution in [0.1, 0.15) is 13.3 Å². The summed E-state index contributed by atoms with van der Waals surface area (Å²) >= 11 is 0. The van der Waals surface area contributed by atoms with Crippen molar-refractivity contribution in [1.29, 1.82) is 5.26 Å². The van der Waals surface area contributed by atoms with Gasteiger partial charge in [0.15, 0.2) is 6.19 Å². The maximum Gasteiger partial charge on any atom is 0.179 e. The van der Waals surface area contributed by atoms with Gasteiger partial charge in [0.1, 0.15) is 0 Å². The van der Waals surface area contributed by atoms with Gasteiger partial charge in [0, 0.05) is 25.6 Å². The first-order valence-corrected chi connectivity index (χ1v) is 3.84. The molecule has 62 valence electrons. The minimum absolute atomic E-state index is 0.199. The van der Waals surface area contributed by atoms with Crippen molar-refractivity contribution in [3.63, 3.8) is 0 Å². The lowest BCUT2D eigenvalue weighted by Crippen LogP contribution is -2.26. The molecule has 3 nitrogen and oxygen atoms in total. The molecule has 1 heterocycles. The van der Waals surface area contributed by atoms with Crippen molar-refractivity contribution in [1.82, 2.24) is 4.90 Å². The van der Waals surface area contributed by atoms with Crippen molar-refractivity contribution in [2.75, 3.05) is 26.8 Å². The lowest BCUT2D eigenvalue weighted by molar-refractivity contribution is 0.100. The van der Waals surface area contributed by atoms with Crippen molar-refractivity contribution < 1.29 is 4.74 Å². The Morgan fingerprint density at radius 2 is 2.45 bits per heavy atom. The van der Waals surface area contributed by atoms with E-state index >= 15 is 0 Å². The summed E-state index contributed by atoms with van der Waals surface area (Å²) in [5.41, 5.74) is 0.199. The minimum atomic E-state index is 0.199. The molecule has 1 aliphatic rings. The van der Waals surface area contributed by atoms with Gasteiger partial charge in [-0.15, -0.1) is 0 Å². The zero-order chi connectivity index (χ0) is 8.32. The molecule has 0 aliphatic carbocycles. The average molecular weight is 154 g/mol. The van der Waals surface area contributed by atoms with Crippen molar-refractivity contribution in [3.8, 4) is 6.19 Å². The Kier molecular flexibility index (Phi) is 2.35. The van der Waals surface area contributed by atoms with E-state index in [1.807, 2.05) is 0 Å². The first kappa shape index (κ1) is 8.35. The molecule has 0 bridgehead atoms. The van der Waals surface area contributed by atoms with Crippen LogP contribution in [0, 0.1) is 16.9 Å². The van der Waals surface area contributed by atoms with Crippen molar-refractivity contribution in [2.24, 2.45) is 5.41 Å². The fourth-order valence-electron chi connectivity index (χ4n) is 1.58. The highest BCUT2D eigenvalue weighted by Crippen LogP contribution is 2.29. The molecule has 1 aliphatic heterocycles. The number of nitriles is 1. The number of rotatable bonds is 2. The van der Waals surface area contributed by atoms with Crippen LogP contribution in [-0.4, -0.2) is 31.7 Å². The molecule has 0 radical (unpaired) electrons. The molecule has 1 fully saturated rings. The van der Waals surface area contributed by atoms with Crippen LogP contribution >= 0.6 is 0 Å². The predicted octanol–water partition coefficient (Wildman–Crippen LogP) is 0.826. The SMILES string of the molecule is COCC1(C)CCN(C#N)C1. The Hall–Kier alpha value is -0.750. The van der Waals surface area contributed by atoms with E-state index in [2.05, 4.69) is 13.1 Å². The third-order valence-corrected chi connectivity index (χ3v) is 2.19. The molecule has 0 aromatic carbocycles. The maximum absolute atomic E-state index is 8.60. The van der Waals surface area contributed by atoms with E-state index in [4.69, 9.17) is 10.00 Å². The minimum Gasteiger partial charge on any atom is -0.384 e. The van der Waals surface area contributed by atoms with E-state index < -0.39 is 0 Å². The lowest BCUT2D eigenvalue weighted by atomic mass is 9.91. The van der Waals surface area contributed by atoms with E-state index in [1.54, 1.807) is 12.0 Å². The van der Waals surface area contributed by atoms with Gasteiger partial charge in [-0.05, 0) is 6.42 Å². The van der Waals surface area contributed by atoms with E-state index in [0.29, 0.717) is 0 Å². The van der Waals surface area contributed by atoms with Gasteiger partial charge in [-0.2, -0.15) is 5.26 Å². The fourth-order valence-corrected chi connectivity index (χ4v) is 1.58. The van der Waals surface area contributed by atoms with Crippen molar-refractivity contribution >= 4 is 0 Å². The standard InChI is InChI=1S/C8H14N2O/c1-8(6-11-2)3-4-10(5-8)7-9/h3-6H2,1-2H3. The zero-order valence-corrected chi connectivity index (χ0v) is 7.13. The summed E-state index contributed by atoms with van der Waals surface area (Å²) in [6.45, 7) is 4.65. The normalized spacial score (nSPS) is 30.5. The molecule has 11 heavy (non-hydrogen) atoms. The number of hydrogen-bond donors (Lipinski definition) is 0. The summed E-state index contributed by atoms with van der Waals surface area (Å²) in [5, 5.41) is 8.60. The quantitative estimate of drug-likeness (QED) is 0.553. The van der Waals surface area contributed by atoms with Gasteiger partial charge in [-0.1, -0.05) is 6.92 Å². The number of methoxy groups -OCH3 is 1. The molecule has 0 spiro atoms. The van der Waals surface area contributed by atoms with E-state index in [9.17, 15) is 0 Å². The molecule has 1 atom stereocenters. The van der Waals surface area contributed by atoms with Gasteiger partial charge in [0.2, 0.25) is 0 Å². The maximum atomic E-state index is 8.60. The van der Waals surface area contributed by atoms with Crippen LogP contribution in [0.3, 0.4) is 0 Å². The van der Waals surface area contributed by atoms with Crippen LogP contribution in [0.15, 0.2) is 0 Å². The molecule has 1 saturated heterocycles. The Labute approximate surface area is 67.6 Å². The molecule has 1 unspecified atom stereocenters. The number of hydrogen-bond acceptors (Lipinski definition) is 3. The second-order valence-electron chi connectivity index (χ2n) is 3.52. The second kappa shape index (κ2) is 3.10. The first-order chi connectivity index (χ1) is 5.20. The second-order valence-corrected chi connectivity index (χ2v) is 3.52. The summed E-state index contributed by atoms with van der Waals surface area (Å²) in [6.07, 6.45) is 3.22. The van der Waals surface area contributed by atoms with Crippen LogP contribution in [0.4, 0.5) is 0 Å². The number of nitrogens with zero attached hydrogens (tertiary/aromatic N) is 2. The van der Waals surface area contributed by atoms with Crippen molar-refractivity contribution in [2.45, 2.75) is 13.3 Å². The third-order valence-electron chi connectivity index (χ3n) is 2.19. The lowest BCUT2D eigenvalue weighted by Gasteiger charge is -2.21. The molecular formula is C8H14N2O. The van der Waals surface area contributed by atoms with Crippen LogP contribution < -0.4 is 0 Å². The third kappa shape index (κ3) is 1.84. The van der Waals surface area contributed by atoms with Gasteiger partial charge >= 0.3 is 0 Å². The molecule has 0 aromatic heterocycles. The summed E-state index contributed by atoms with van der Waals surface area (Å²) in [6, 6.07) is 0. The van der Waals surface area contributed by atoms with Gasteiger partial charge in [0.25, 0.3) is 0 Å². The highest BCUT2D eigenvalue weighted by atomic mass is 16.5. The Morgan fingerprint density at radius 1 is 1.73 bits per heavy atom. The smallest absolute Gasteiger partial charge is 0.179 e. The molecule has 0 saturated carbocycles. The van der Waals surface area contributed by atoms with Crippen LogP contribution in [-0.2, 0) is 4.74 Å². The van der Waals surface area contributed by atoms with E-state index in [-0.39, 0.29) is 5.41 Å². The molecule has 0 aromatic rings. The van der Waals surface area contributed by atoms with Gasteiger partial charge in [0.05, 0.1) is 6.61 Å². The van der Waals surface area contributed by atoms with Crippen LogP contribution in [0.2, 0.25) is 0 Å². The van der Waals surface area contributed by atoms with E-state index in [1.165, 1.54) is 0 Å². The summed E-state index contributed by atoms with van der Waals surface area (Å²) in [4.78, 5) is 1.79. The molecule has 1 rings (SSSR count). The Balaban J connectivity index is 2.45. The zero-order valence-electron chi connectivity index (χ0n) is 7.13. The highest BCUT2D eigenvalue weighted by Gasteiger charge is 2.33. The highest BCUT2D eigenvalue weighted by molar-refractivity contribution is 4.91. The average Bonchev–Trinajstić information content (AvgIpc) is 2.33. The largest absolute Gasteiger partial charge is 0.384 e. The topological polar surface area (TPSA) is 36.3 Å². The van der Waals surface area contributed by atoms with Gasteiger partial charge < -0.3 is 9.64 Å². The number of likely N-dealkylation sites (tertiary alicyclic amines) is 1. The Morgan fingerprint density at radius 3 is 2.91 bits per heavy atom. The molecule has 0 amide bonds. The van der Waals surface area contributed by atoms with Crippen LogP contribution in [0.5, 0.6) is 0 Å². The summed E-state index contributed by atoms with van der Waals surface area (Å²) in [7, 11) is 1.71. The molecule has 0 N–H and O–H groups in total. The van der Waals surface area contributed by atoms with Gasteiger partial charge in [-0.25, -0.2) is 0 Å². The monoisotopic (exact) mass is 154 g/mol. The first-order valence-electron chi connectivity index (χ1n) is 3.84. The predicted molar refractivity (Wildman–Crippen MR) is 41.8 cm³/mol.